The summed E-state index contributed by atoms with van der Waals surface area (Å²) in [5.41, 5.74) is 5.43. The second-order valence-corrected chi connectivity index (χ2v) is 4.24. The molecule has 1 rings (SSSR count). The van der Waals surface area contributed by atoms with Crippen LogP contribution in [0, 0.1) is 5.92 Å². The van der Waals surface area contributed by atoms with Crippen molar-refractivity contribution < 1.29 is 18.0 Å². The molecular weight excluding hydrogens is 243 g/mol. The normalized spacial score (nSPS) is 12.9. The van der Waals surface area contributed by atoms with Crippen LogP contribution in [0.25, 0.3) is 0 Å². The van der Waals surface area contributed by atoms with Gasteiger partial charge in [-0.2, -0.15) is 13.2 Å². The SMILES string of the molecule is CC(C)/C(N)=C/C(=O)c1ccc(C(F)(F)F)cc1. The van der Waals surface area contributed by atoms with Crippen molar-refractivity contribution in [2.24, 2.45) is 11.7 Å². The van der Waals surface area contributed by atoms with E-state index in [1.54, 1.807) is 0 Å². The molecular formula is C13H14F3NO. The number of hydrogen-bond acceptors (Lipinski definition) is 2. The number of halogens is 3. The molecule has 0 saturated heterocycles. The highest BCUT2D eigenvalue weighted by molar-refractivity contribution is 6.04. The Morgan fingerprint density at radius 1 is 1.22 bits per heavy atom. The number of alkyl halides is 3. The van der Waals surface area contributed by atoms with E-state index in [0.717, 1.165) is 24.3 Å². The maximum atomic E-state index is 12.3. The monoisotopic (exact) mass is 257 g/mol. The third-order valence-corrected chi connectivity index (χ3v) is 2.46. The minimum Gasteiger partial charge on any atom is -0.402 e. The molecule has 0 heterocycles. The van der Waals surface area contributed by atoms with E-state index < -0.39 is 17.5 Å². The Morgan fingerprint density at radius 2 is 1.72 bits per heavy atom. The van der Waals surface area contributed by atoms with Crippen molar-refractivity contribution >= 4 is 5.78 Å². The van der Waals surface area contributed by atoms with E-state index in [-0.39, 0.29) is 11.5 Å². The molecule has 0 radical (unpaired) electrons. The summed E-state index contributed by atoms with van der Waals surface area (Å²) in [6.07, 6.45) is -3.15. The van der Waals surface area contributed by atoms with Gasteiger partial charge in [0.1, 0.15) is 0 Å². The molecule has 0 aliphatic rings. The Labute approximate surface area is 103 Å². The van der Waals surface area contributed by atoms with E-state index in [0.29, 0.717) is 5.70 Å². The highest BCUT2D eigenvalue weighted by Crippen LogP contribution is 2.29. The summed E-state index contributed by atoms with van der Waals surface area (Å²) in [5, 5.41) is 0. The molecule has 0 atom stereocenters. The van der Waals surface area contributed by atoms with E-state index in [2.05, 4.69) is 0 Å². The van der Waals surface area contributed by atoms with Gasteiger partial charge in [-0.05, 0) is 18.1 Å². The standard InChI is InChI=1S/C13H14F3NO/c1-8(2)11(17)7-12(18)9-3-5-10(6-4-9)13(14,15)16/h3-8H,17H2,1-2H3/b11-7-. The Kier molecular flexibility index (Phi) is 4.16. The van der Waals surface area contributed by atoms with E-state index >= 15 is 0 Å². The molecule has 2 N–H and O–H groups in total. The Balaban J connectivity index is 2.93. The van der Waals surface area contributed by atoms with Gasteiger partial charge >= 0.3 is 6.18 Å². The van der Waals surface area contributed by atoms with Crippen LogP contribution in [-0.4, -0.2) is 5.78 Å². The zero-order valence-electron chi connectivity index (χ0n) is 10.1. The lowest BCUT2D eigenvalue weighted by Gasteiger charge is -2.07. The molecule has 0 aromatic heterocycles. The Morgan fingerprint density at radius 3 is 2.11 bits per heavy atom. The molecule has 0 fully saturated rings. The van der Waals surface area contributed by atoms with Crippen LogP contribution in [0.3, 0.4) is 0 Å². The molecule has 0 unspecified atom stereocenters. The largest absolute Gasteiger partial charge is 0.416 e. The van der Waals surface area contributed by atoms with E-state index in [1.165, 1.54) is 6.08 Å². The van der Waals surface area contributed by atoms with Gasteiger partial charge in [0.25, 0.3) is 0 Å². The number of allylic oxidation sites excluding steroid dienone is 2. The van der Waals surface area contributed by atoms with Gasteiger partial charge in [-0.15, -0.1) is 0 Å². The van der Waals surface area contributed by atoms with Gasteiger partial charge in [0, 0.05) is 17.3 Å². The van der Waals surface area contributed by atoms with Crippen molar-refractivity contribution in [2.75, 3.05) is 0 Å². The van der Waals surface area contributed by atoms with Crippen LogP contribution in [0.2, 0.25) is 0 Å². The molecule has 18 heavy (non-hydrogen) atoms. The molecule has 1 aromatic carbocycles. The number of nitrogens with two attached hydrogens (primary N) is 1. The summed E-state index contributed by atoms with van der Waals surface area (Å²) in [7, 11) is 0. The van der Waals surface area contributed by atoms with Crippen molar-refractivity contribution in [3.63, 3.8) is 0 Å². The first-order valence-electron chi connectivity index (χ1n) is 5.40. The summed E-state index contributed by atoms with van der Waals surface area (Å²) in [5.74, 6) is -0.377. The van der Waals surface area contributed by atoms with Crippen LogP contribution in [0.1, 0.15) is 29.8 Å². The van der Waals surface area contributed by atoms with Gasteiger partial charge in [-0.3, -0.25) is 4.79 Å². The van der Waals surface area contributed by atoms with E-state index in [4.69, 9.17) is 5.73 Å². The van der Waals surface area contributed by atoms with Gasteiger partial charge in [-0.1, -0.05) is 26.0 Å². The number of carbonyl (C=O) groups is 1. The lowest BCUT2D eigenvalue weighted by atomic mass is 10.0. The van der Waals surface area contributed by atoms with Gasteiger partial charge in [0.15, 0.2) is 5.78 Å². The second-order valence-electron chi connectivity index (χ2n) is 4.24. The molecule has 0 amide bonds. The number of rotatable bonds is 3. The molecule has 2 nitrogen and oxygen atoms in total. The molecule has 0 aliphatic heterocycles. The van der Waals surface area contributed by atoms with Gasteiger partial charge in [0.05, 0.1) is 5.56 Å². The third kappa shape index (κ3) is 3.61. The zero-order chi connectivity index (χ0) is 13.9. The van der Waals surface area contributed by atoms with Gasteiger partial charge < -0.3 is 5.73 Å². The van der Waals surface area contributed by atoms with E-state index in [9.17, 15) is 18.0 Å². The molecule has 0 spiro atoms. The molecule has 0 aliphatic carbocycles. The van der Waals surface area contributed by atoms with E-state index in [1.807, 2.05) is 13.8 Å². The Hall–Kier alpha value is -1.78. The maximum absolute atomic E-state index is 12.3. The predicted molar refractivity (Wildman–Crippen MR) is 62.9 cm³/mol. The summed E-state index contributed by atoms with van der Waals surface area (Å²) in [4.78, 5) is 11.7. The fourth-order valence-electron chi connectivity index (χ4n) is 1.22. The number of carbonyl (C=O) groups excluding carboxylic acids is 1. The summed E-state index contributed by atoms with van der Waals surface area (Å²) < 4.78 is 37.0. The lowest BCUT2D eigenvalue weighted by Crippen LogP contribution is -2.09. The first kappa shape index (κ1) is 14.3. The summed E-state index contributed by atoms with van der Waals surface area (Å²) in [6, 6.07) is 4.06. The second kappa shape index (κ2) is 5.25. The minimum atomic E-state index is -4.39. The average molecular weight is 257 g/mol. The van der Waals surface area contributed by atoms with Gasteiger partial charge in [-0.25, -0.2) is 0 Å². The molecule has 5 heteroatoms. The minimum absolute atomic E-state index is 0.0170. The highest BCUT2D eigenvalue weighted by Gasteiger charge is 2.30. The fourth-order valence-corrected chi connectivity index (χ4v) is 1.22. The van der Waals surface area contributed by atoms with Crippen molar-refractivity contribution in [2.45, 2.75) is 20.0 Å². The molecule has 1 aromatic rings. The molecule has 0 bridgehead atoms. The van der Waals surface area contributed by atoms with Crippen molar-refractivity contribution in [3.05, 3.63) is 47.2 Å². The van der Waals surface area contributed by atoms with Crippen LogP contribution in [0.4, 0.5) is 13.2 Å². The number of hydrogen-bond donors (Lipinski definition) is 1. The predicted octanol–water partition coefficient (Wildman–Crippen LogP) is 3.39. The molecule has 0 saturated carbocycles. The lowest BCUT2D eigenvalue weighted by molar-refractivity contribution is -0.137. The van der Waals surface area contributed by atoms with Crippen molar-refractivity contribution in [1.82, 2.24) is 0 Å². The van der Waals surface area contributed by atoms with Crippen molar-refractivity contribution in [1.29, 1.82) is 0 Å². The van der Waals surface area contributed by atoms with Crippen LogP contribution < -0.4 is 5.73 Å². The Bertz CT molecular complexity index is 458. The highest BCUT2D eigenvalue weighted by atomic mass is 19.4. The number of benzene rings is 1. The smallest absolute Gasteiger partial charge is 0.402 e. The summed E-state index contributed by atoms with van der Waals surface area (Å²) >= 11 is 0. The van der Waals surface area contributed by atoms with Crippen LogP contribution >= 0.6 is 0 Å². The van der Waals surface area contributed by atoms with Crippen LogP contribution in [-0.2, 0) is 6.18 Å². The summed E-state index contributed by atoms with van der Waals surface area (Å²) in [6.45, 7) is 3.65. The maximum Gasteiger partial charge on any atom is 0.416 e. The quantitative estimate of drug-likeness (QED) is 0.666. The van der Waals surface area contributed by atoms with Crippen LogP contribution in [0.5, 0.6) is 0 Å². The number of ketones is 1. The van der Waals surface area contributed by atoms with Crippen molar-refractivity contribution in [3.8, 4) is 0 Å². The molecule has 98 valence electrons. The third-order valence-electron chi connectivity index (χ3n) is 2.46. The first-order chi connectivity index (χ1) is 8.21. The first-order valence-corrected chi connectivity index (χ1v) is 5.40. The van der Waals surface area contributed by atoms with Gasteiger partial charge in [0.2, 0.25) is 0 Å². The zero-order valence-corrected chi connectivity index (χ0v) is 10.1. The average Bonchev–Trinajstić information content (AvgIpc) is 2.27. The fraction of sp³-hybridized carbons (Fsp3) is 0.308. The topological polar surface area (TPSA) is 43.1 Å². The van der Waals surface area contributed by atoms with Crippen LogP contribution in [0.15, 0.2) is 36.0 Å².